The van der Waals surface area contributed by atoms with Crippen molar-refractivity contribution in [3.63, 3.8) is 0 Å². The van der Waals surface area contributed by atoms with Gasteiger partial charge in [-0.25, -0.2) is 9.97 Å². The maximum atomic E-state index is 13.0. The summed E-state index contributed by atoms with van der Waals surface area (Å²) in [5.41, 5.74) is 7.45. The molecule has 1 aromatic heterocycles. The quantitative estimate of drug-likeness (QED) is 0.448. The molecule has 8 heteroatoms. The molecule has 33 heavy (non-hydrogen) atoms. The number of aromatic nitrogens is 2. The molecule has 2 heterocycles. The second-order valence-electron chi connectivity index (χ2n) is 8.84. The Labute approximate surface area is 200 Å². The molecule has 1 unspecified atom stereocenters. The highest BCUT2D eigenvalue weighted by molar-refractivity contribution is 6.30. The number of likely N-dealkylation sites (tertiary alicyclic amines) is 1. The van der Waals surface area contributed by atoms with Crippen molar-refractivity contribution < 1.29 is 14.3 Å². The Morgan fingerprint density at radius 3 is 2.61 bits per heavy atom. The molecule has 2 N–H and O–H groups in total. The Balaban J connectivity index is 1.51. The van der Waals surface area contributed by atoms with Crippen LogP contribution in [-0.2, 0) is 11.2 Å². The number of halogens is 1. The van der Waals surface area contributed by atoms with E-state index in [9.17, 15) is 9.59 Å². The van der Waals surface area contributed by atoms with Gasteiger partial charge in [-0.3, -0.25) is 9.59 Å². The van der Waals surface area contributed by atoms with Gasteiger partial charge in [0.1, 0.15) is 22.5 Å². The summed E-state index contributed by atoms with van der Waals surface area (Å²) < 4.78 is 5.14. The third-order valence-electron chi connectivity index (χ3n) is 6.39. The topological polar surface area (TPSA) is 98.4 Å². The lowest BCUT2D eigenvalue weighted by molar-refractivity contribution is -0.134. The van der Waals surface area contributed by atoms with E-state index in [2.05, 4.69) is 9.97 Å². The minimum absolute atomic E-state index is 0.0269. The summed E-state index contributed by atoms with van der Waals surface area (Å²) in [6, 6.07) is 7.01. The van der Waals surface area contributed by atoms with Gasteiger partial charge in [0.05, 0.1) is 7.11 Å². The first-order chi connectivity index (χ1) is 15.8. The number of amides is 1. The van der Waals surface area contributed by atoms with Crippen molar-refractivity contribution in [2.24, 2.45) is 11.8 Å². The Morgan fingerprint density at radius 1 is 1.21 bits per heavy atom. The van der Waals surface area contributed by atoms with Gasteiger partial charge in [-0.15, -0.1) is 0 Å². The average molecular weight is 473 g/mol. The lowest BCUT2D eigenvalue weighted by Crippen LogP contribution is -2.36. The summed E-state index contributed by atoms with van der Waals surface area (Å²) in [6.07, 6.45) is 4.79. The molecule has 7 nitrogen and oxygen atoms in total. The molecule has 2 aromatic rings. The zero-order valence-corrected chi connectivity index (χ0v) is 20.4. The molecule has 0 spiro atoms. The van der Waals surface area contributed by atoms with Crippen molar-refractivity contribution in [3.05, 3.63) is 46.4 Å². The van der Waals surface area contributed by atoms with E-state index in [0.717, 1.165) is 44.2 Å². The van der Waals surface area contributed by atoms with Gasteiger partial charge in [0.15, 0.2) is 5.78 Å². The number of carbonyl (C=O) groups is 2. The average Bonchev–Trinajstić information content (AvgIpc) is 3.03. The van der Waals surface area contributed by atoms with E-state index >= 15 is 0 Å². The molecular weight excluding hydrogens is 440 g/mol. The molecule has 3 rings (SSSR count). The number of aryl methyl sites for hydroxylation is 1. The van der Waals surface area contributed by atoms with Crippen molar-refractivity contribution >= 4 is 29.1 Å². The van der Waals surface area contributed by atoms with E-state index in [1.165, 1.54) is 0 Å². The van der Waals surface area contributed by atoms with Crippen LogP contribution in [0.5, 0.6) is 5.75 Å². The number of hydrogen-bond donors (Lipinski definition) is 1. The van der Waals surface area contributed by atoms with Gasteiger partial charge in [-0.1, -0.05) is 18.5 Å². The van der Waals surface area contributed by atoms with Crippen LogP contribution in [0.15, 0.2) is 24.3 Å². The largest absolute Gasteiger partial charge is 0.497 e. The zero-order chi connectivity index (χ0) is 24.0. The number of ketones is 1. The SMILES string of the molecule is COc1ccc(C(=O)C[C@@H](C)C(=O)N2CCCC(CCc3c(N)nc(C)nc3Cl)CC2)cc1. The molecule has 1 saturated heterocycles. The highest BCUT2D eigenvalue weighted by Crippen LogP contribution is 2.27. The van der Waals surface area contributed by atoms with Crippen LogP contribution in [0.2, 0.25) is 5.15 Å². The van der Waals surface area contributed by atoms with E-state index in [0.29, 0.717) is 40.6 Å². The summed E-state index contributed by atoms with van der Waals surface area (Å²) >= 11 is 6.27. The van der Waals surface area contributed by atoms with Crippen LogP contribution in [0.4, 0.5) is 5.82 Å². The summed E-state index contributed by atoms with van der Waals surface area (Å²) in [7, 11) is 1.59. The van der Waals surface area contributed by atoms with E-state index in [4.69, 9.17) is 22.1 Å². The number of nitrogen functional groups attached to an aromatic ring is 1. The second kappa shape index (κ2) is 11.5. The van der Waals surface area contributed by atoms with Crippen molar-refractivity contribution in [1.29, 1.82) is 0 Å². The lowest BCUT2D eigenvalue weighted by Gasteiger charge is -2.24. The molecule has 0 saturated carbocycles. The first-order valence-electron chi connectivity index (χ1n) is 11.5. The molecule has 0 radical (unpaired) electrons. The number of nitrogens with zero attached hydrogens (tertiary/aromatic N) is 3. The second-order valence-corrected chi connectivity index (χ2v) is 9.20. The maximum absolute atomic E-state index is 13.0. The number of ether oxygens (including phenoxy) is 1. The number of Topliss-reactive ketones (excluding diaryl/α,β-unsaturated/α-hetero) is 1. The molecule has 178 valence electrons. The lowest BCUT2D eigenvalue weighted by atomic mass is 9.93. The molecule has 1 aromatic carbocycles. The molecule has 1 amide bonds. The van der Waals surface area contributed by atoms with Crippen LogP contribution >= 0.6 is 11.6 Å². The Hall–Kier alpha value is -2.67. The molecule has 0 bridgehead atoms. The van der Waals surface area contributed by atoms with Crippen LogP contribution in [-0.4, -0.2) is 46.8 Å². The first kappa shape index (κ1) is 25.0. The van der Waals surface area contributed by atoms with Gasteiger partial charge in [-0.05, 0) is 69.2 Å². The monoisotopic (exact) mass is 472 g/mol. The van der Waals surface area contributed by atoms with Crippen molar-refractivity contribution in [3.8, 4) is 5.75 Å². The van der Waals surface area contributed by atoms with E-state index < -0.39 is 0 Å². The fourth-order valence-corrected chi connectivity index (χ4v) is 4.72. The van der Waals surface area contributed by atoms with Gasteiger partial charge >= 0.3 is 0 Å². The van der Waals surface area contributed by atoms with Crippen molar-refractivity contribution in [1.82, 2.24) is 14.9 Å². The number of hydrogen-bond acceptors (Lipinski definition) is 6. The molecule has 1 fully saturated rings. The van der Waals surface area contributed by atoms with E-state index in [1.807, 2.05) is 11.8 Å². The number of benzene rings is 1. The summed E-state index contributed by atoms with van der Waals surface area (Å²) in [6.45, 7) is 5.05. The van der Waals surface area contributed by atoms with Crippen molar-refractivity contribution in [2.45, 2.75) is 52.4 Å². The van der Waals surface area contributed by atoms with E-state index in [1.54, 1.807) is 38.3 Å². The maximum Gasteiger partial charge on any atom is 0.225 e. The highest BCUT2D eigenvalue weighted by Gasteiger charge is 2.26. The van der Waals surface area contributed by atoms with Crippen LogP contribution < -0.4 is 10.5 Å². The van der Waals surface area contributed by atoms with Gasteiger partial charge in [-0.2, -0.15) is 0 Å². The molecule has 0 aliphatic carbocycles. The van der Waals surface area contributed by atoms with Gasteiger partial charge in [0, 0.05) is 36.6 Å². The minimum Gasteiger partial charge on any atom is -0.497 e. The highest BCUT2D eigenvalue weighted by atomic mass is 35.5. The van der Waals surface area contributed by atoms with Gasteiger partial charge < -0.3 is 15.4 Å². The number of methoxy groups -OCH3 is 1. The third-order valence-corrected chi connectivity index (χ3v) is 6.70. The standard InChI is InChI=1S/C25H33ClN4O3/c1-16(15-22(31)19-7-9-20(33-3)10-8-19)25(32)30-13-4-5-18(12-14-30)6-11-21-23(26)28-17(2)29-24(21)27/h7-10,16,18H,4-6,11-15H2,1-3H3,(H2,27,28,29)/t16-,18?/m1/s1. The smallest absolute Gasteiger partial charge is 0.225 e. The van der Waals surface area contributed by atoms with Crippen molar-refractivity contribution in [2.75, 3.05) is 25.9 Å². The first-order valence-corrected chi connectivity index (χ1v) is 11.9. The summed E-state index contributed by atoms with van der Waals surface area (Å²) in [5, 5.41) is 0.431. The zero-order valence-electron chi connectivity index (χ0n) is 19.6. The fourth-order valence-electron chi connectivity index (χ4n) is 4.41. The Kier molecular flexibility index (Phi) is 8.67. The van der Waals surface area contributed by atoms with Crippen LogP contribution in [0, 0.1) is 18.8 Å². The third kappa shape index (κ3) is 6.67. The Morgan fingerprint density at radius 2 is 1.94 bits per heavy atom. The predicted molar refractivity (Wildman–Crippen MR) is 130 cm³/mol. The number of carbonyl (C=O) groups excluding carboxylic acids is 2. The number of rotatable bonds is 8. The molecule has 2 atom stereocenters. The molecule has 1 aliphatic rings. The molecule has 1 aliphatic heterocycles. The van der Waals surface area contributed by atoms with E-state index in [-0.39, 0.29) is 24.0 Å². The van der Waals surface area contributed by atoms with Crippen LogP contribution in [0.3, 0.4) is 0 Å². The number of nitrogens with two attached hydrogens (primary N) is 1. The van der Waals surface area contributed by atoms with Gasteiger partial charge in [0.2, 0.25) is 5.91 Å². The van der Waals surface area contributed by atoms with Crippen LogP contribution in [0.1, 0.15) is 60.8 Å². The normalized spacial score (nSPS) is 17.3. The molecular formula is C25H33ClN4O3. The summed E-state index contributed by atoms with van der Waals surface area (Å²) in [5.74, 6) is 1.89. The Bertz CT molecular complexity index is 957. The van der Waals surface area contributed by atoms with Crippen LogP contribution in [0.25, 0.3) is 0 Å². The fraction of sp³-hybridized carbons (Fsp3) is 0.520. The number of anilines is 1. The predicted octanol–water partition coefficient (Wildman–Crippen LogP) is 4.50. The summed E-state index contributed by atoms with van der Waals surface area (Å²) in [4.78, 5) is 36.0. The van der Waals surface area contributed by atoms with Gasteiger partial charge in [0.25, 0.3) is 0 Å². The minimum atomic E-state index is -0.348.